The summed E-state index contributed by atoms with van der Waals surface area (Å²) < 4.78 is 0. The van der Waals surface area contributed by atoms with Gasteiger partial charge in [-0.2, -0.15) is 0 Å². The van der Waals surface area contributed by atoms with Gasteiger partial charge in [-0.25, -0.2) is 0 Å². The largest absolute Gasteiger partial charge is 0.334 e. The maximum atomic E-state index is 12.3. The third-order valence-corrected chi connectivity index (χ3v) is 4.32. The average molecular weight is 295 g/mol. The SMILES string of the molecule is CC1c2ccccc2CCN1C(=O)CNCC1CC1.Cl. The second-order valence-electron chi connectivity index (χ2n) is 5.79. The number of hydrogen-bond acceptors (Lipinski definition) is 2. The molecule has 4 heteroatoms. The Labute approximate surface area is 127 Å². The minimum absolute atomic E-state index is 0. The quantitative estimate of drug-likeness (QED) is 0.925. The lowest BCUT2D eigenvalue weighted by Gasteiger charge is -2.35. The van der Waals surface area contributed by atoms with Crippen LogP contribution >= 0.6 is 12.4 Å². The van der Waals surface area contributed by atoms with Gasteiger partial charge >= 0.3 is 0 Å². The molecule has 20 heavy (non-hydrogen) atoms. The Morgan fingerprint density at radius 3 is 2.85 bits per heavy atom. The highest BCUT2D eigenvalue weighted by atomic mass is 35.5. The summed E-state index contributed by atoms with van der Waals surface area (Å²) in [6.07, 6.45) is 3.64. The summed E-state index contributed by atoms with van der Waals surface area (Å²) in [6, 6.07) is 8.69. The van der Waals surface area contributed by atoms with E-state index in [1.165, 1.54) is 24.0 Å². The summed E-state index contributed by atoms with van der Waals surface area (Å²) in [5.74, 6) is 1.06. The first kappa shape index (κ1) is 15.3. The number of carbonyl (C=O) groups is 1. The monoisotopic (exact) mass is 294 g/mol. The summed E-state index contributed by atoms with van der Waals surface area (Å²) in [4.78, 5) is 14.3. The maximum Gasteiger partial charge on any atom is 0.237 e. The van der Waals surface area contributed by atoms with Crippen molar-refractivity contribution < 1.29 is 4.79 Å². The number of halogens is 1. The van der Waals surface area contributed by atoms with Crippen molar-refractivity contribution in [2.24, 2.45) is 5.92 Å². The molecule has 1 amide bonds. The van der Waals surface area contributed by atoms with Gasteiger partial charge in [0.2, 0.25) is 5.91 Å². The Balaban J connectivity index is 0.00000147. The normalized spacial score (nSPS) is 21.1. The van der Waals surface area contributed by atoms with Crippen molar-refractivity contribution >= 4 is 18.3 Å². The Kier molecular flexibility index (Phi) is 5.06. The third kappa shape index (κ3) is 3.33. The van der Waals surface area contributed by atoms with Gasteiger partial charge in [0.05, 0.1) is 12.6 Å². The minimum Gasteiger partial charge on any atom is -0.334 e. The number of nitrogens with one attached hydrogen (secondary N) is 1. The van der Waals surface area contributed by atoms with E-state index in [9.17, 15) is 4.79 Å². The molecule has 1 unspecified atom stereocenters. The molecule has 1 aromatic carbocycles. The van der Waals surface area contributed by atoms with Gasteiger partial charge in [0.15, 0.2) is 0 Å². The zero-order valence-corrected chi connectivity index (χ0v) is 12.8. The van der Waals surface area contributed by atoms with Crippen molar-refractivity contribution in [3.8, 4) is 0 Å². The third-order valence-electron chi connectivity index (χ3n) is 4.32. The van der Waals surface area contributed by atoms with Gasteiger partial charge in [-0.3, -0.25) is 4.79 Å². The van der Waals surface area contributed by atoms with Crippen LogP contribution in [0.1, 0.15) is 36.9 Å². The predicted octanol–water partition coefficient (Wildman–Crippen LogP) is 2.55. The van der Waals surface area contributed by atoms with Gasteiger partial charge in [0.25, 0.3) is 0 Å². The van der Waals surface area contributed by atoms with E-state index in [0.29, 0.717) is 6.54 Å². The van der Waals surface area contributed by atoms with Crippen molar-refractivity contribution in [1.29, 1.82) is 0 Å². The van der Waals surface area contributed by atoms with Gasteiger partial charge in [0.1, 0.15) is 0 Å². The zero-order valence-electron chi connectivity index (χ0n) is 12.0. The van der Waals surface area contributed by atoms with Crippen molar-refractivity contribution in [1.82, 2.24) is 10.2 Å². The molecule has 1 N–H and O–H groups in total. The number of amides is 1. The topological polar surface area (TPSA) is 32.3 Å². The second kappa shape index (κ2) is 6.59. The lowest BCUT2D eigenvalue weighted by molar-refractivity contribution is -0.132. The van der Waals surface area contributed by atoms with Gasteiger partial charge in [-0.1, -0.05) is 24.3 Å². The van der Waals surface area contributed by atoms with E-state index in [1.807, 2.05) is 4.90 Å². The Morgan fingerprint density at radius 2 is 2.10 bits per heavy atom. The van der Waals surface area contributed by atoms with Crippen LogP contribution in [0.4, 0.5) is 0 Å². The molecular formula is C16H23ClN2O. The van der Waals surface area contributed by atoms with Crippen LogP contribution in [0.25, 0.3) is 0 Å². The zero-order chi connectivity index (χ0) is 13.2. The molecule has 2 aliphatic rings. The van der Waals surface area contributed by atoms with E-state index in [4.69, 9.17) is 0 Å². The molecular weight excluding hydrogens is 272 g/mol. The van der Waals surface area contributed by atoms with Crippen LogP contribution in [0.5, 0.6) is 0 Å². The van der Waals surface area contributed by atoms with Gasteiger partial charge in [-0.15, -0.1) is 12.4 Å². The van der Waals surface area contributed by atoms with Gasteiger partial charge in [0, 0.05) is 6.54 Å². The highest BCUT2D eigenvalue weighted by molar-refractivity contribution is 5.85. The Morgan fingerprint density at radius 1 is 1.35 bits per heavy atom. The van der Waals surface area contributed by atoms with Crippen LogP contribution in [-0.2, 0) is 11.2 Å². The van der Waals surface area contributed by atoms with E-state index in [2.05, 4.69) is 36.5 Å². The number of rotatable bonds is 4. The Bertz CT molecular complexity index is 473. The molecule has 0 aromatic heterocycles. The minimum atomic E-state index is 0. The van der Waals surface area contributed by atoms with Crippen molar-refractivity contribution in [2.45, 2.75) is 32.2 Å². The van der Waals surface area contributed by atoms with Crippen LogP contribution in [-0.4, -0.2) is 30.4 Å². The number of hydrogen-bond donors (Lipinski definition) is 1. The molecule has 3 nitrogen and oxygen atoms in total. The molecule has 0 saturated heterocycles. The van der Waals surface area contributed by atoms with Crippen LogP contribution in [0, 0.1) is 5.92 Å². The van der Waals surface area contributed by atoms with Crippen LogP contribution in [0.2, 0.25) is 0 Å². The molecule has 1 aliphatic carbocycles. The van der Waals surface area contributed by atoms with Crippen LogP contribution in [0.15, 0.2) is 24.3 Å². The first-order valence-electron chi connectivity index (χ1n) is 7.33. The predicted molar refractivity (Wildman–Crippen MR) is 83.1 cm³/mol. The van der Waals surface area contributed by atoms with E-state index in [1.54, 1.807) is 0 Å². The first-order valence-corrected chi connectivity index (χ1v) is 7.33. The fourth-order valence-electron chi connectivity index (χ4n) is 2.92. The smallest absolute Gasteiger partial charge is 0.237 e. The molecule has 1 aromatic rings. The van der Waals surface area contributed by atoms with Crippen molar-refractivity contribution in [3.05, 3.63) is 35.4 Å². The number of benzene rings is 1. The summed E-state index contributed by atoms with van der Waals surface area (Å²) >= 11 is 0. The van der Waals surface area contributed by atoms with E-state index >= 15 is 0 Å². The highest BCUT2D eigenvalue weighted by Gasteiger charge is 2.27. The van der Waals surface area contributed by atoms with Crippen molar-refractivity contribution in [2.75, 3.05) is 19.6 Å². The molecule has 0 bridgehead atoms. The number of nitrogens with zero attached hydrogens (tertiary/aromatic N) is 1. The highest BCUT2D eigenvalue weighted by Crippen LogP contribution is 2.29. The van der Waals surface area contributed by atoms with E-state index < -0.39 is 0 Å². The van der Waals surface area contributed by atoms with Crippen molar-refractivity contribution in [3.63, 3.8) is 0 Å². The molecule has 1 saturated carbocycles. The summed E-state index contributed by atoms with van der Waals surface area (Å²) in [5, 5.41) is 3.30. The lowest BCUT2D eigenvalue weighted by Crippen LogP contribution is -2.43. The molecule has 0 radical (unpaired) electrons. The van der Waals surface area contributed by atoms with Gasteiger partial charge in [-0.05, 0) is 49.8 Å². The average Bonchev–Trinajstić information content (AvgIpc) is 3.23. The summed E-state index contributed by atoms with van der Waals surface area (Å²) in [5.41, 5.74) is 2.70. The molecule has 110 valence electrons. The molecule has 1 atom stereocenters. The maximum absolute atomic E-state index is 12.3. The number of fused-ring (bicyclic) bond motifs is 1. The summed E-state index contributed by atoms with van der Waals surface area (Å²) in [7, 11) is 0. The fraction of sp³-hybridized carbons (Fsp3) is 0.562. The second-order valence-corrected chi connectivity index (χ2v) is 5.79. The molecule has 1 aliphatic heterocycles. The lowest BCUT2D eigenvalue weighted by atomic mass is 9.93. The van der Waals surface area contributed by atoms with E-state index in [-0.39, 0.29) is 24.4 Å². The fourth-order valence-corrected chi connectivity index (χ4v) is 2.92. The molecule has 3 rings (SSSR count). The standard InChI is InChI=1S/C16H22N2O.ClH/c1-12-15-5-3-2-4-14(15)8-9-18(12)16(19)11-17-10-13-6-7-13;/h2-5,12-13,17H,6-11H2,1H3;1H. The van der Waals surface area contributed by atoms with Crippen LogP contribution in [0.3, 0.4) is 0 Å². The number of carbonyl (C=O) groups excluding carboxylic acids is 1. The Hall–Kier alpha value is -1.06. The molecule has 1 fully saturated rings. The first-order chi connectivity index (χ1) is 9.25. The van der Waals surface area contributed by atoms with Crippen LogP contribution < -0.4 is 5.32 Å². The molecule has 1 heterocycles. The summed E-state index contributed by atoms with van der Waals surface area (Å²) in [6.45, 7) is 4.48. The molecule has 0 spiro atoms. The van der Waals surface area contributed by atoms with E-state index in [0.717, 1.165) is 25.4 Å². The van der Waals surface area contributed by atoms with Gasteiger partial charge < -0.3 is 10.2 Å².